The van der Waals surface area contributed by atoms with Crippen molar-refractivity contribution in [3.05, 3.63) is 33.6 Å². The Labute approximate surface area is 121 Å². The first-order valence-electron chi connectivity index (χ1n) is 6.69. The van der Waals surface area contributed by atoms with E-state index >= 15 is 0 Å². The third-order valence-electron chi connectivity index (χ3n) is 3.28. The Balaban J connectivity index is 2.11. The molecule has 2 unspecified atom stereocenters. The number of ether oxygens (including phenoxy) is 2. The smallest absolute Gasteiger partial charge is 0.275 e. The van der Waals surface area contributed by atoms with Crippen LogP contribution in [-0.4, -0.2) is 29.5 Å². The third kappa shape index (κ3) is 3.18. The SMILES string of the molecule is CCCOC1C(=O)CC1Oc1cc(C)c([N+](=O)[O-])cc1F. The first-order chi connectivity index (χ1) is 9.93. The molecule has 0 spiro atoms. The molecule has 0 aliphatic heterocycles. The average Bonchev–Trinajstić information content (AvgIpc) is 2.41. The van der Waals surface area contributed by atoms with E-state index in [0.717, 1.165) is 12.5 Å². The highest BCUT2D eigenvalue weighted by Gasteiger charge is 2.43. The first kappa shape index (κ1) is 15.4. The van der Waals surface area contributed by atoms with Gasteiger partial charge in [-0.3, -0.25) is 14.9 Å². The monoisotopic (exact) mass is 297 g/mol. The van der Waals surface area contributed by atoms with Gasteiger partial charge in [-0.1, -0.05) is 6.92 Å². The molecular formula is C14H16FNO5. The first-order valence-corrected chi connectivity index (χ1v) is 6.69. The number of carbonyl (C=O) groups excluding carboxylic acids is 1. The Morgan fingerprint density at radius 1 is 1.48 bits per heavy atom. The fourth-order valence-electron chi connectivity index (χ4n) is 2.11. The van der Waals surface area contributed by atoms with Crippen LogP contribution < -0.4 is 4.74 Å². The lowest BCUT2D eigenvalue weighted by Gasteiger charge is -2.34. The predicted molar refractivity (Wildman–Crippen MR) is 71.9 cm³/mol. The van der Waals surface area contributed by atoms with Crippen LogP contribution in [0, 0.1) is 22.9 Å². The van der Waals surface area contributed by atoms with Gasteiger partial charge < -0.3 is 9.47 Å². The summed E-state index contributed by atoms with van der Waals surface area (Å²) in [6.07, 6.45) is -0.301. The third-order valence-corrected chi connectivity index (χ3v) is 3.28. The van der Waals surface area contributed by atoms with Crippen LogP contribution >= 0.6 is 0 Å². The molecule has 114 valence electrons. The van der Waals surface area contributed by atoms with Gasteiger partial charge in [-0.2, -0.15) is 0 Å². The molecular weight excluding hydrogens is 281 g/mol. The van der Waals surface area contributed by atoms with Crippen molar-refractivity contribution < 1.29 is 23.6 Å². The fraction of sp³-hybridized carbons (Fsp3) is 0.500. The zero-order chi connectivity index (χ0) is 15.6. The minimum atomic E-state index is -0.819. The number of halogens is 1. The molecule has 2 rings (SSSR count). The van der Waals surface area contributed by atoms with Crippen LogP contribution in [0.4, 0.5) is 10.1 Å². The van der Waals surface area contributed by atoms with Crippen molar-refractivity contribution in [1.29, 1.82) is 0 Å². The van der Waals surface area contributed by atoms with E-state index in [0.29, 0.717) is 12.2 Å². The number of carbonyl (C=O) groups is 1. The van der Waals surface area contributed by atoms with E-state index in [1.54, 1.807) is 0 Å². The van der Waals surface area contributed by atoms with Crippen LogP contribution in [0.2, 0.25) is 0 Å². The number of hydrogen-bond donors (Lipinski definition) is 0. The van der Waals surface area contributed by atoms with Gasteiger partial charge in [0.15, 0.2) is 23.5 Å². The van der Waals surface area contributed by atoms with Gasteiger partial charge in [0.1, 0.15) is 6.10 Å². The molecule has 0 radical (unpaired) electrons. The van der Waals surface area contributed by atoms with E-state index in [-0.39, 0.29) is 23.6 Å². The largest absolute Gasteiger partial charge is 0.484 e. The van der Waals surface area contributed by atoms with Crippen LogP contribution in [0.1, 0.15) is 25.3 Å². The van der Waals surface area contributed by atoms with Gasteiger partial charge in [0.2, 0.25) is 0 Å². The number of benzene rings is 1. The maximum atomic E-state index is 13.8. The Morgan fingerprint density at radius 2 is 2.19 bits per heavy atom. The molecule has 1 saturated carbocycles. The lowest BCUT2D eigenvalue weighted by atomic mass is 9.90. The lowest BCUT2D eigenvalue weighted by molar-refractivity contribution is -0.385. The summed E-state index contributed by atoms with van der Waals surface area (Å²) < 4.78 is 24.6. The fourth-order valence-corrected chi connectivity index (χ4v) is 2.11. The number of nitro groups is 1. The highest BCUT2D eigenvalue weighted by atomic mass is 19.1. The summed E-state index contributed by atoms with van der Waals surface area (Å²) in [4.78, 5) is 21.5. The van der Waals surface area contributed by atoms with Crippen LogP contribution in [-0.2, 0) is 9.53 Å². The number of nitro benzene ring substituents is 1. The summed E-state index contributed by atoms with van der Waals surface area (Å²) >= 11 is 0. The minimum absolute atomic E-state index is 0.0764. The number of hydrogen-bond acceptors (Lipinski definition) is 5. The summed E-state index contributed by atoms with van der Waals surface area (Å²) in [7, 11) is 0. The summed E-state index contributed by atoms with van der Waals surface area (Å²) in [5.74, 6) is -0.992. The number of ketones is 1. The van der Waals surface area contributed by atoms with Crippen molar-refractivity contribution in [2.24, 2.45) is 0 Å². The van der Waals surface area contributed by atoms with E-state index in [1.807, 2.05) is 6.92 Å². The molecule has 0 heterocycles. The maximum Gasteiger partial charge on any atom is 0.275 e. The van der Waals surface area contributed by atoms with E-state index in [4.69, 9.17) is 9.47 Å². The zero-order valence-electron chi connectivity index (χ0n) is 11.8. The Morgan fingerprint density at radius 3 is 2.76 bits per heavy atom. The van der Waals surface area contributed by atoms with Gasteiger partial charge in [-0.25, -0.2) is 4.39 Å². The second kappa shape index (κ2) is 6.17. The molecule has 2 atom stereocenters. The molecule has 1 fully saturated rings. The molecule has 6 nitrogen and oxygen atoms in total. The predicted octanol–water partition coefficient (Wildman–Crippen LogP) is 2.56. The molecule has 1 aliphatic carbocycles. The number of Topliss-reactive ketones (excluding diaryl/α,β-unsaturated/α-hetero) is 1. The molecule has 7 heteroatoms. The molecule has 0 aromatic heterocycles. The highest BCUT2D eigenvalue weighted by Crippen LogP contribution is 2.31. The lowest BCUT2D eigenvalue weighted by Crippen LogP contribution is -2.52. The summed E-state index contributed by atoms with van der Waals surface area (Å²) in [5.41, 5.74) is -0.00334. The molecule has 1 aliphatic rings. The van der Waals surface area contributed by atoms with Crippen molar-refractivity contribution in [3.63, 3.8) is 0 Å². The summed E-state index contributed by atoms with van der Waals surface area (Å²) in [5, 5.41) is 10.7. The zero-order valence-corrected chi connectivity index (χ0v) is 11.8. The second-order valence-electron chi connectivity index (χ2n) is 4.94. The quantitative estimate of drug-likeness (QED) is 0.595. The second-order valence-corrected chi connectivity index (χ2v) is 4.94. The molecule has 1 aromatic rings. The Hall–Kier alpha value is -2.02. The molecule has 0 saturated heterocycles. The standard InChI is InChI=1S/C14H16FNO5/c1-3-4-20-14-11(17)7-13(14)21-12-5-8(2)10(16(18)19)6-9(12)15/h5-6,13-14H,3-4,7H2,1-2H3. The minimum Gasteiger partial charge on any atom is -0.484 e. The van der Waals surface area contributed by atoms with Crippen molar-refractivity contribution in [3.8, 4) is 5.75 Å². The van der Waals surface area contributed by atoms with Crippen LogP contribution in [0.15, 0.2) is 12.1 Å². The molecule has 21 heavy (non-hydrogen) atoms. The van der Waals surface area contributed by atoms with Crippen molar-refractivity contribution in [2.45, 2.75) is 38.9 Å². The van der Waals surface area contributed by atoms with Crippen LogP contribution in [0.25, 0.3) is 0 Å². The summed E-state index contributed by atoms with van der Waals surface area (Å²) in [6, 6.07) is 2.10. The number of aryl methyl sites for hydroxylation is 1. The van der Waals surface area contributed by atoms with Gasteiger partial charge in [0.25, 0.3) is 5.69 Å². The van der Waals surface area contributed by atoms with Crippen LogP contribution in [0.5, 0.6) is 5.75 Å². The average molecular weight is 297 g/mol. The number of nitrogens with zero attached hydrogens (tertiary/aromatic N) is 1. The number of rotatable bonds is 6. The van der Waals surface area contributed by atoms with Crippen molar-refractivity contribution in [1.82, 2.24) is 0 Å². The van der Waals surface area contributed by atoms with Gasteiger partial charge in [0.05, 0.1) is 11.0 Å². The van der Waals surface area contributed by atoms with Crippen LogP contribution in [0.3, 0.4) is 0 Å². The van der Waals surface area contributed by atoms with Crippen molar-refractivity contribution in [2.75, 3.05) is 6.61 Å². The van der Waals surface area contributed by atoms with Gasteiger partial charge >= 0.3 is 0 Å². The van der Waals surface area contributed by atoms with Gasteiger partial charge in [-0.15, -0.1) is 0 Å². The van der Waals surface area contributed by atoms with E-state index in [9.17, 15) is 19.3 Å². The molecule has 0 bridgehead atoms. The van der Waals surface area contributed by atoms with Gasteiger partial charge in [0, 0.05) is 18.6 Å². The molecule has 0 N–H and O–H groups in total. The highest BCUT2D eigenvalue weighted by molar-refractivity contribution is 5.90. The van der Waals surface area contributed by atoms with Gasteiger partial charge in [-0.05, 0) is 19.4 Å². The maximum absolute atomic E-state index is 13.8. The van der Waals surface area contributed by atoms with E-state index in [2.05, 4.69) is 0 Å². The van der Waals surface area contributed by atoms with E-state index < -0.39 is 22.9 Å². The summed E-state index contributed by atoms with van der Waals surface area (Å²) in [6.45, 7) is 3.85. The molecule has 0 amide bonds. The Bertz CT molecular complexity index is 575. The van der Waals surface area contributed by atoms with E-state index in [1.165, 1.54) is 13.0 Å². The van der Waals surface area contributed by atoms with Crippen molar-refractivity contribution >= 4 is 11.5 Å². The normalized spacial score (nSPS) is 21.0. The molecule has 1 aromatic carbocycles. The Kier molecular flexibility index (Phi) is 4.52. The topological polar surface area (TPSA) is 78.7 Å².